The lowest BCUT2D eigenvalue weighted by atomic mass is 10.2. The number of hydrogen-bond acceptors (Lipinski definition) is 5. The minimum absolute atomic E-state index is 0.0410. The van der Waals surface area contributed by atoms with Crippen LogP contribution in [0.4, 0.5) is 4.39 Å². The predicted octanol–water partition coefficient (Wildman–Crippen LogP) is 5.04. The van der Waals surface area contributed by atoms with Crippen molar-refractivity contribution >= 4 is 35.5 Å². The molecule has 5 nitrogen and oxygen atoms in total. The van der Waals surface area contributed by atoms with E-state index in [2.05, 4.69) is 4.99 Å². The van der Waals surface area contributed by atoms with E-state index in [1.54, 1.807) is 54.6 Å². The second-order valence-electron chi connectivity index (χ2n) is 6.31. The quantitative estimate of drug-likeness (QED) is 0.336. The van der Waals surface area contributed by atoms with Crippen LogP contribution in [0.3, 0.4) is 0 Å². The third kappa shape index (κ3) is 4.45. The van der Waals surface area contributed by atoms with Crippen molar-refractivity contribution < 1.29 is 23.5 Å². The smallest absolute Gasteiger partial charge is 0.363 e. The van der Waals surface area contributed by atoms with E-state index in [0.717, 1.165) is 0 Å². The van der Waals surface area contributed by atoms with E-state index in [0.29, 0.717) is 27.5 Å². The molecular formula is C23H13ClFNO4. The van der Waals surface area contributed by atoms with Crippen LogP contribution in [0.2, 0.25) is 5.02 Å². The lowest BCUT2D eigenvalue weighted by Crippen LogP contribution is -2.08. The van der Waals surface area contributed by atoms with E-state index in [1.165, 1.54) is 24.3 Å². The Balaban J connectivity index is 1.48. The van der Waals surface area contributed by atoms with Gasteiger partial charge < -0.3 is 9.47 Å². The van der Waals surface area contributed by atoms with Crippen LogP contribution in [-0.4, -0.2) is 17.8 Å². The summed E-state index contributed by atoms with van der Waals surface area (Å²) < 4.78 is 23.8. The maximum Gasteiger partial charge on any atom is 0.363 e. The van der Waals surface area contributed by atoms with Gasteiger partial charge in [-0.25, -0.2) is 19.0 Å². The number of halogens is 2. The molecule has 0 saturated heterocycles. The summed E-state index contributed by atoms with van der Waals surface area (Å²) >= 11 is 5.81. The summed E-state index contributed by atoms with van der Waals surface area (Å²) in [5.41, 5.74) is 1.48. The van der Waals surface area contributed by atoms with Crippen molar-refractivity contribution in [2.75, 3.05) is 0 Å². The Morgan fingerprint density at radius 1 is 1.03 bits per heavy atom. The second-order valence-corrected chi connectivity index (χ2v) is 6.75. The van der Waals surface area contributed by atoms with Crippen LogP contribution in [0.15, 0.2) is 83.5 Å². The van der Waals surface area contributed by atoms with E-state index in [4.69, 9.17) is 21.1 Å². The fraction of sp³-hybridized carbons (Fsp3) is 0. The zero-order valence-corrected chi connectivity index (χ0v) is 16.1. The Kier molecular flexibility index (Phi) is 5.41. The van der Waals surface area contributed by atoms with Gasteiger partial charge in [-0.1, -0.05) is 29.8 Å². The van der Waals surface area contributed by atoms with Gasteiger partial charge in [0.15, 0.2) is 5.70 Å². The molecule has 0 saturated carbocycles. The zero-order chi connectivity index (χ0) is 21.1. The van der Waals surface area contributed by atoms with Gasteiger partial charge in [0.05, 0.1) is 5.56 Å². The van der Waals surface area contributed by atoms with Crippen molar-refractivity contribution in [1.82, 2.24) is 0 Å². The molecule has 0 bridgehead atoms. The molecule has 148 valence electrons. The molecule has 0 amide bonds. The van der Waals surface area contributed by atoms with Gasteiger partial charge >= 0.3 is 11.9 Å². The first-order valence-corrected chi connectivity index (χ1v) is 9.22. The van der Waals surface area contributed by atoms with Crippen LogP contribution in [0, 0.1) is 5.82 Å². The molecule has 1 heterocycles. The number of carbonyl (C=O) groups is 2. The largest absolute Gasteiger partial charge is 0.423 e. The van der Waals surface area contributed by atoms with Crippen LogP contribution in [-0.2, 0) is 9.53 Å². The van der Waals surface area contributed by atoms with Crippen molar-refractivity contribution in [3.63, 3.8) is 0 Å². The molecule has 0 radical (unpaired) electrons. The highest BCUT2D eigenvalue weighted by molar-refractivity contribution is 6.30. The lowest BCUT2D eigenvalue weighted by molar-refractivity contribution is -0.129. The number of nitrogens with zero attached hydrogens (tertiary/aromatic N) is 1. The number of esters is 2. The van der Waals surface area contributed by atoms with Crippen molar-refractivity contribution in [3.8, 4) is 5.75 Å². The summed E-state index contributed by atoms with van der Waals surface area (Å²) in [5, 5.41) is 0.526. The Labute approximate surface area is 176 Å². The fourth-order valence-corrected chi connectivity index (χ4v) is 2.82. The summed E-state index contributed by atoms with van der Waals surface area (Å²) in [7, 11) is 0. The molecule has 30 heavy (non-hydrogen) atoms. The molecule has 0 fully saturated rings. The first-order valence-electron chi connectivity index (χ1n) is 8.84. The van der Waals surface area contributed by atoms with E-state index < -0.39 is 17.8 Å². The average Bonchev–Trinajstić information content (AvgIpc) is 3.10. The van der Waals surface area contributed by atoms with Crippen molar-refractivity contribution in [3.05, 3.63) is 106 Å². The van der Waals surface area contributed by atoms with Crippen LogP contribution < -0.4 is 4.74 Å². The van der Waals surface area contributed by atoms with Gasteiger partial charge in [-0.3, -0.25) is 0 Å². The summed E-state index contributed by atoms with van der Waals surface area (Å²) in [5.74, 6) is -1.21. The third-order valence-corrected chi connectivity index (χ3v) is 4.42. The summed E-state index contributed by atoms with van der Waals surface area (Å²) in [6.45, 7) is 0. The van der Waals surface area contributed by atoms with Crippen molar-refractivity contribution in [2.24, 2.45) is 4.99 Å². The first kappa shape index (κ1) is 19.5. The second kappa shape index (κ2) is 8.31. The van der Waals surface area contributed by atoms with Crippen LogP contribution >= 0.6 is 11.6 Å². The molecule has 3 aromatic rings. The topological polar surface area (TPSA) is 65.0 Å². The van der Waals surface area contributed by atoms with E-state index >= 15 is 0 Å². The summed E-state index contributed by atoms with van der Waals surface area (Å²) in [6, 6.07) is 18.5. The van der Waals surface area contributed by atoms with E-state index in [1.807, 2.05) is 0 Å². The molecule has 0 N–H and O–H groups in total. The first-order chi connectivity index (χ1) is 14.5. The maximum absolute atomic E-state index is 13.4. The SMILES string of the molecule is O=C1OC(c2cccc(F)c2)=N/C1=C\c1ccc(OC(=O)c2ccc(Cl)cc2)cc1. The lowest BCUT2D eigenvalue weighted by Gasteiger charge is -2.05. The molecule has 0 aliphatic carbocycles. The molecule has 1 aliphatic heterocycles. The fourth-order valence-electron chi connectivity index (χ4n) is 2.70. The summed E-state index contributed by atoms with van der Waals surface area (Å²) in [6.07, 6.45) is 1.53. The maximum atomic E-state index is 13.4. The van der Waals surface area contributed by atoms with Crippen LogP contribution in [0.1, 0.15) is 21.5 Å². The Morgan fingerprint density at radius 3 is 2.47 bits per heavy atom. The van der Waals surface area contributed by atoms with Crippen LogP contribution in [0.5, 0.6) is 5.75 Å². The molecule has 0 aromatic heterocycles. The number of ether oxygens (including phenoxy) is 2. The number of carbonyl (C=O) groups excluding carboxylic acids is 2. The number of rotatable bonds is 4. The number of aliphatic imine (C=N–C) groups is 1. The van der Waals surface area contributed by atoms with Gasteiger partial charge in [-0.2, -0.15) is 0 Å². The van der Waals surface area contributed by atoms with Gasteiger partial charge in [-0.15, -0.1) is 0 Å². The van der Waals surface area contributed by atoms with Gasteiger partial charge in [-0.05, 0) is 66.2 Å². The summed E-state index contributed by atoms with van der Waals surface area (Å²) in [4.78, 5) is 28.3. The van der Waals surface area contributed by atoms with Gasteiger partial charge in [0.1, 0.15) is 11.6 Å². The monoisotopic (exact) mass is 421 g/mol. The predicted molar refractivity (Wildman–Crippen MR) is 110 cm³/mol. The van der Waals surface area contributed by atoms with Gasteiger partial charge in [0.2, 0.25) is 5.90 Å². The third-order valence-electron chi connectivity index (χ3n) is 4.17. The average molecular weight is 422 g/mol. The minimum Gasteiger partial charge on any atom is -0.423 e. The Bertz CT molecular complexity index is 1180. The number of hydrogen-bond donors (Lipinski definition) is 0. The molecule has 7 heteroatoms. The number of cyclic esters (lactones) is 1. The standard InChI is InChI=1S/C23H13ClFNO4/c24-17-8-6-15(7-9-17)22(27)29-19-10-4-14(5-11-19)12-20-23(28)30-21(26-20)16-2-1-3-18(25)13-16/h1-13H/b20-12-. The highest BCUT2D eigenvalue weighted by Crippen LogP contribution is 2.21. The van der Waals surface area contributed by atoms with Gasteiger partial charge in [0, 0.05) is 10.6 Å². The molecule has 3 aromatic carbocycles. The van der Waals surface area contributed by atoms with E-state index in [-0.39, 0.29) is 11.6 Å². The van der Waals surface area contributed by atoms with E-state index in [9.17, 15) is 14.0 Å². The van der Waals surface area contributed by atoms with Gasteiger partial charge in [0.25, 0.3) is 0 Å². The highest BCUT2D eigenvalue weighted by Gasteiger charge is 2.24. The molecule has 0 unspecified atom stereocenters. The Hall–Kier alpha value is -3.77. The minimum atomic E-state index is -0.632. The zero-order valence-electron chi connectivity index (χ0n) is 15.3. The number of benzene rings is 3. The molecule has 4 rings (SSSR count). The molecule has 0 atom stereocenters. The van der Waals surface area contributed by atoms with Crippen LogP contribution in [0.25, 0.3) is 6.08 Å². The molecule has 0 spiro atoms. The molecule has 1 aliphatic rings. The highest BCUT2D eigenvalue weighted by atomic mass is 35.5. The Morgan fingerprint density at radius 2 is 1.77 bits per heavy atom. The normalized spacial score (nSPS) is 14.4. The van der Waals surface area contributed by atoms with Crippen molar-refractivity contribution in [2.45, 2.75) is 0 Å². The molecular weight excluding hydrogens is 409 g/mol. The van der Waals surface area contributed by atoms with Crippen molar-refractivity contribution in [1.29, 1.82) is 0 Å².